The van der Waals surface area contributed by atoms with Crippen LogP contribution in [0.2, 0.25) is 0 Å². The van der Waals surface area contributed by atoms with E-state index in [1.165, 1.54) is 18.2 Å². The van der Waals surface area contributed by atoms with E-state index in [0.717, 1.165) is 6.08 Å². The molecule has 0 heterocycles. The number of hydrogen-bond acceptors (Lipinski definition) is 3. The quantitative estimate of drug-likeness (QED) is 0.525. The van der Waals surface area contributed by atoms with Gasteiger partial charge in [0.25, 0.3) is 5.69 Å². The number of rotatable bonds is 4. The van der Waals surface area contributed by atoms with E-state index in [0.29, 0.717) is 16.7 Å². The van der Waals surface area contributed by atoms with Crippen molar-refractivity contribution in [2.45, 2.75) is 0 Å². The first-order valence-electron chi connectivity index (χ1n) is 5.83. The van der Waals surface area contributed by atoms with Gasteiger partial charge in [-0.05, 0) is 16.7 Å². The van der Waals surface area contributed by atoms with Gasteiger partial charge in [-0.15, -0.1) is 0 Å². The summed E-state index contributed by atoms with van der Waals surface area (Å²) in [7, 11) is 0. The molecule has 0 aromatic heterocycles. The number of non-ortho nitro benzene ring substituents is 1. The normalized spacial score (nSPS) is 11.1. The number of carboxylic acid groups (broad SMARTS) is 1. The summed E-state index contributed by atoms with van der Waals surface area (Å²) in [6.07, 6.45) is 1.05. The van der Waals surface area contributed by atoms with Crippen molar-refractivity contribution >= 4 is 17.2 Å². The second kappa shape index (κ2) is 5.79. The predicted octanol–water partition coefficient (Wildman–Crippen LogP) is 3.11. The molecule has 0 aliphatic heterocycles. The van der Waals surface area contributed by atoms with Gasteiger partial charge in [-0.25, -0.2) is 4.79 Å². The molecule has 2 rings (SSSR count). The largest absolute Gasteiger partial charge is 0.478 e. The number of benzene rings is 2. The van der Waals surface area contributed by atoms with E-state index in [1.54, 1.807) is 30.3 Å². The Balaban J connectivity index is 2.56. The second-order valence-corrected chi connectivity index (χ2v) is 4.07. The first kappa shape index (κ1) is 13.5. The highest BCUT2D eigenvalue weighted by Crippen LogP contribution is 2.26. The Hall–Kier alpha value is -2.95. The summed E-state index contributed by atoms with van der Waals surface area (Å²) in [4.78, 5) is 21.3. The molecule has 0 spiro atoms. The maximum absolute atomic E-state index is 11.0. The SMILES string of the molecule is O=C(O)C=C(c1ccccc1)c1cccc([N+](=O)[O-])c1. The summed E-state index contributed by atoms with van der Waals surface area (Å²) in [5.74, 6) is -1.10. The molecule has 0 unspecified atom stereocenters. The smallest absolute Gasteiger partial charge is 0.328 e. The molecule has 0 amide bonds. The number of nitro benzene ring substituents is 1. The summed E-state index contributed by atoms with van der Waals surface area (Å²) in [6.45, 7) is 0. The molecule has 0 fully saturated rings. The van der Waals surface area contributed by atoms with Crippen molar-refractivity contribution in [1.29, 1.82) is 0 Å². The first-order valence-corrected chi connectivity index (χ1v) is 5.83. The number of nitrogens with zero attached hydrogens (tertiary/aromatic N) is 1. The average Bonchev–Trinajstić information content (AvgIpc) is 2.45. The van der Waals surface area contributed by atoms with Crippen LogP contribution in [0.5, 0.6) is 0 Å². The van der Waals surface area contributed by atoms with Crippen LogP contribution in [0.15, 0.2) is 60.7 Å². The van der Waals surface area contributed by atoms with Crippen LogP contribution in [0.25, 0.3) is 5.57 Å². The van der Waals surface area contributed by atoms with Gasteiger partial charge in [-0.1, -0.05) is 42.5 Å². The molecule has 20 heavy (non-hydrogen) atoms. The molecule has 0 bridgehead atoms. The number of carbonyl (C=O) groups is 1. The fourth-order valence-electron chi connectivity index (χ4n) is 1.86. The number of nitro groups is 1. The maximum atomic E-state index is 11.0. The van der Waals surface area contributed by atoms with Gasteiger partial charge in [0.05, 0.1) is 4.92 Å². The van der Waals surface area contributed by atoms with Crippen molar-refractivity contribution in [3.05, 3.63) is 81.9 Å². The van der Waals surface area contributed by atoms with Gasteiger partial charge in [0.2, 0.25) is 0 Å². The minimum Gasteiger partial charge on any atom is -0.478 e. The summed E-state index contributed by atoms with van der Waals surface area (Å²) < 4.78 is 0. The lowest BCUT2D eigenvalue weighted by molar-refractivity contribution is -0.384. The Morgan fingerprint density at radius 2 is 1.70 bits per heavy atom. The van der Waals surface area contributed by atoms with Gasteiger partial charge in [-0.2, -0.15) is 0 Å². The molecule has 0 saturated carbocycles. The molecule has 0 radical (unpaired) electrons. The molecule has 100 valence electrons. The summed E-state index contributed by atoms with van der Waals surface area (Å²) >= 11 is 0. The van der Waals surface area contributed by atoms with E-state index in [1.807, 2.05) is 6.07 Å². The summed E-state index contributed by atoms with van der Waals surface area (Å²) in [5.41, 5.74) is 1.54. The lowest BCUT2D eigenvalue weighted by Crippen LogP contribution is -1.96. The molecule has 2 aromatic carbocycles. The molecule has 5 nitrogen and oxygen atoms in total. The standard InChI is InChI=1S/C15H11NO4/c17-15(18)10-14(11-5-2-1-3-6-11)12-7-4-8-13(9-12)16(19)20/h1-10H,(H,17,18). The van der Waals surface area contributed by atoms with Gasteiger partial charge >= 0.3 is 5.97 Å². The molecule has 0 aliphatic carbocycles. The average molecular weight is 269 g/mol. The van der Waals surface area contributed by atoms with E-state index >= 15 is 0 Å². The highest BCUT2D eigenvalue weighted by molar-refractivity contribution is 5.95. The topological polar surface area (TPSA) is 80.4 Å². The molecular formula is C15H11NO4. The Morgan fingerprint density at radius 1 is 1.05 bits per heavy atom. The molecule has 1 N–H and O–H groups in total. The molecule has 5 heteroatoms. The Morgan fingerprint density at radius 3 is 2.30 bits per heavy atom. The molecular weight excluding hydrogens is 258 g/mol. The van der Waals surface area contributed by atoms with Crippen molar-refractivity contribution < 1.29 is 14.8 Å². The minimum absolute atomic E-state index is 0.0743. The van der Waals surface area contributed by atoms with E-state index < -0.39 is 10.9 Å². The number of hydrogen-bond donors (Lipinski definition) is 1. The third kappa shape index (κ3) is 3.08. The fraction of sp³-hybridized carbons (Fsp3) is 0. The fourth-order valence-corrected chi connectivity index (χ4v) is 1.86. The van der Waals surface area contributed by atoms with Crippen molar-refractivity contribution in [2.75, 3.05) is 0 Å². The molecule has 0 saturated heterocycles. The molecule has 2 aromatic rings. The van der Waals surface area contributed by atoms with Crippen molar-refractivity contribution in [1.82, 2.24) is 0 Å². The van der Waals surface area contributed by atoms with Crippen molar-refractivity contribution in [3.8, 4) is 0 Å². The molecule has 0 aliphatic rings. The van der Waals surface area contributed by atoms with E-state index in [9.17, 15) is 14.9 Å². The zero-order valence-corrected chi connectivity index (χ0v) is 10.4. The van der Waals surface area contributed by atoms with Gasteiger partial charge < -0.3 is 5.11 Å². The zero-order chi connectivity index (χ0) is 14.5. The first-order chi connectivity index (χ1) is 9.58. The summed E-state index contributed by atoms with van der Waals surface area (Å²) in [5, 5.41) is 19.8. The van der Waals surface area contributed by atoms with Crippen molar-refractivity contribution in [3.63, 3.8) is 0 Å². The van der Waals surface area contributed by atoms with Crippen LogP contribution in [-0.2, 0) is 4.79 Å². The van der Waals surface area contributed by atoms with Crippen LogP contribution in [0.1, 0.15) is 11.1 Å². The Bertz CT molecular complexity index is 677. The van der Waals surface area contributed by atoms with E-state index in [4.69, 9.17) is 5.11 Å². The Labute approximate surface area is 115 Å². The van der Waals surface area contributed by atoms with Crippen LogP contribution in [0.3, 0.4) is 0 Å². The van der Waals surface area contributed by atoms with Crippen LogP contribution in [0, 0.1) is 10.1 Å². The van der Waals surface area contributed by atoms with Crippen LogP contribution in [-0.4, -0.2) is 16.0 Å². The number of carboxylic acids is 1. The number of aliphatic carboxylic acids is 1. The third-order valence-corrected chi connectivity index (χ3v) is 2.72. The third-order valence-electron chi connectivity index (χ3n) is 2.72. The van der Waals surface area contributed by atoms with Crippen molar-refractivity contribution in [2.24, 2.45) is 0 Å². The highest BCUT2D eigenvalue weighted by Gasteiger charge is 2.11. The minimum atomic E-state index is -1.10. The van der Waals surface area contributed by atoms with E-state index in [2.05, 4.69) is 0 Å². The lowest BCUT2D eigenvalue weighted by Gasteiger charge is -2.07. The predicted molar refractivity (Wildman–Crippen MR) is 74.3 cm³/mol. The second-order valence-electron chi connectivity index (χ2n) is 4.07. The van der Waals surface area contributed by atoms with Gasteiger partial charge in [-0.3, -0.25) is 10.1 Å². The van der Waals surface area contributed by atoms with Crippen LogP contribution < -0.4 is 0 Å². The summed E-state index contributed by atoms with van der Waals surface area (Å²) in [6, 6.07) is 14.8. The van der Waals surface area contributed by atoms with Crippen LogP contribution in [0.4, 0.5) is 5.69 Å². The molecule has 0 atom stereocenters. The van der Waals surface area contributed by atoms with Gasteiger partial charge in [0.15, 0.2) is 0 Å². The Kier molecular flexibility index (Phi) is 3.91. The lowest BCUT2D eigenvalue weighted by atomic mass is 9.97. The van der Waals surface area contributed by atoms with Crippen LogP contribution >= 0.6 is 0 Å². The maximum Gasteiger partial charge on any atom is 0.328 e. The zero-order valence-electron chi connectivity index (χ0n) is 10.4. The van der Waals surface area contributed by atoms with Gasteiger partial charge in [0, 0.05) is 18.2 Å². The monoisotopic (exact) mass is 269 g/mol. The highest BCUT2D eigenvalue weighted by atomic mass is 16.6. The van der Waals surface area contributed by atoms with Gasteiger partial charge in [0.1, 0.15) is 0 Å². The van der Waals surface area contributed by atoms with E-state index in [-0.39, 0.29) is 5.69 Å².